The number of alkyl halides is 3. The number of oxime groups is 1. The molecule has 1 spiro atoms. The van der Waals surface area contributed by atoms with Crippen LogP contribution in [0.4, 0.5) is 18.9 Å². The lowest BCUT2D eigenvalue weighted by Gasteiger charge is -2.20. The quantitative estimate of drug-likeness (QED) is 0.594. The number of esters is 1. The van der Waals surface area contributed by atoms with E-state index >= 15 is 0 Å². The minimum absolute atomic E-state index is 0.172. The number of rotatable bonds is 2. The van der Waals surface area contributed by atoms with Gasteiger partial charge in [-0.25, -0.2) is 9.69 Å². The van der Waals surface area contributed by atoms with Crippen molar-refractivity contribution in [2.75, 3.05) is 12.0 Å². The number of anilines is 1. The second-order valence-electron chi connectivity index (χ2n) is 5.55. The molecule has 1 aromatic rings. The average Bonchev–Trinajstić information content (AvgIpc) is 3.08. The summed E-state index contributed by atoms with van der Waals surface area (Å²) in [6.07, 6.45) is -5.35. The third-order valence-electron chi connectivity index (χ3n) is 3.92. The Bertz CT molecular complexity index is 805. The van der Waals surface area contributed by atoms with Gasteiger partial charge >= 0.3 is 12.1 Å². The molecule has 2 aliphatic heterocycles. The zero-order chi connectivity index (χ0) is 18.4. The SMILES string of the molecule is COC(=O)C1=NO[C@@]2(CC(=O)N(c3cccc(C(F)(F)F)c3)C2=O)C1. The first-order chi connectivity index (χ1) is 11.7. The van der Waals surface area contributed by atoms with E-state index in [1.165, 1.54) is 6.07 Å². The Morgan fingerprint density at radius 3 is 2.68 bits per heavy atom. The van der Waals surface area contributed by atoms with E-state index in [-0.39, 0.29) is 17.8 Å². The van der Waals surface area contributed by atoms with Crippen LogP contribution in [0.2, 0.25) is 0 Å². The Hall–Kier alpha value is -2.91. The lowest BCUT2D eigenvalue weighted by Crippen LogP contribution is -2.41. The van der Waals surface area contributed by atoms with E-state index in [1.54, 1.807) is 0 Å². The number of halogens is 3. The summed E-state index contributed by atoms with van der Waals surface area (Å²) in [5.74, 6) is -2.43. The molecule has 25 heavy (non-hydrogen) atoms. The van der Waals surface area contributed by atoms with Crippen LogP contribution in [-0.4, -0.2) is 36.2 Å². The number of ether oxygens (including phenoxy) is 1. The van der Waals surface area contributed by atoms with Crippen LogP contribution >= 0.6 is 0 Å². The van der Waals surface area contributed by atoms with E-state index in [1.807, 2.05) is 0 Å². The second-order valence-corrected chi connectivity index (χ2v) is 5.55. The maximum Gasteiger partial charge on any atom is 0.416 e. The zero-order valence-corrected chi connectivity index (χ0v) is 12.8. The number of nitrogens with zero attached hydrogens (tertiary/aromatic N) is 2. The highest BCUT2D eigenvalue weighted by atomic mass is 19.4. The lowest BCUT2D eigenvalue weighted by molar-refractivity contribution is -0.138. The van der Waals surface area contributed by atoms with Crippen LogP contribution < -0.4 is 4.90 Å². The highest BCUT2D eigenvalue weighted by Crippen LogP contribution is 2.39. The standard InChI is InChI=1S/C15H11F3N2O5/c1-24-12(22)10-6-14(25-19-10)7-11(21)20(13(14)23)9-4-2-3-8(5-9)15(16,17)18/h2-5H,6-7H2,1H3/t14-/m1/s1. The molecular weight excluding hydrogens is 345 g/mol. The number of hydrogen-bond donors (Lipinski definition) is 0. The summed E-state index contributed by atoms with van der Waals surface area (Å²) in [4.78, 5) is 42.0. The van der Waals surface area contributed by atoms with Crippen LogP contribution in [0.3, 0.4) is 0 Å². The maximum absolute atomic E-state index is 12.8. The first-order valence-corrected chi connectivity index (χ1v) is 7.06. The van der Waals surface area contributed by atoms with Gasteiger partial charge in [0.05, 0.1) is 31.2 Å². The van der Waals surface area contributed by atoms with Gasteiger partial charge in [-0.3, -0.25) is 9.59 Å². The summed E-state index contributed by atoms with van der Waals surface area (Å²) >= 11 is 0. The summed E-state index contributed by atoms with van der Waals surface area (Å²) in [5.41, 5.74) is -3.12. The number of benzene rings is 1. The largest absolute Gasteiger partial charge is 0.464 e. The topological polar surface area (TPSA) is 85.3 Å². The van der Waals surface area contributed by atoms with Crippen molar-refractivity contribution in [3.05, 3.63) is 29.8 Å². The summed E-state index contributed by atoms with van der Waals surface area (Å²) in [5, 5.41) is 3.47. The molecule has 0 aromatic heterocycles. The third-order valence-corrected chi connectivity index (χ3v) is 3.92. The molecule has 0 saturated carbocycles. The van der Waals surface area contributed by atoms with Crippen LogP contribution in [-0.2, 0) is 30.1 Å². The Kier molecular flexibility index (Phi) is 3.77. The molecule has 7 nitrogen and oxygen atoms in total. The Morgan fingerprint density at radius 1 is 1.32 bits per heavy atom. The minimum atomic E-state index is -4.62. The van der Waals surface area contributed by atoms with Gasteiger partial charge in [-0.2, -0.15) is 13.2 Å². The summed E-state index contributed by atoms with van der Waals surface area (Å²) in [7, 11) is 1.12. The van der Waals surface area contributed by atoms with Crippen LogP contribution in [0.25, 0.3) is 0 Å². The van der Waals surface area contributed by atoms with E-state index in [2.05, 4.69) is 9.89 Å². The number of methoxy groups -OCH3 is 1. The Balaban J connectivity index is 1.90. The van der Waals surface area contributed by atoms with Gasteiger partial charge in [-0.15, -0.1) is 0 Å². The molecule has 10 heteroatoms. The molecule has 0 bridgehead atoms. The molecule has 0 N–H and O–H groups in total. The van der Waals surface area contributed by atoms with Crippen molar-refractivity contribution in [3.8, 4) is 0 Å². The van der Waals surface area contributed by atoms with Crippen LogP contribution in [0, 0.1) is 0 Å². The molecule has 0 unspecified atom stereocenters. The Labute approximate surface area is 139 Å². The van der Waals surface area contributed by atoms with E-state index in [4.69, 9.17) is 4.84 Å². The van der Waals surface area contributed by atoms with E-state index in [0.717, 1.165) is 19.2 Å². The van der Waals surface area contributed by atoms with Crippen molar-refractivity contribution in [2.45, 2.75) is 24.6 Å². The van der Waals surface area contributed by atoms with E-state index in [9.17, 15) is 27.6 Å². The first kappa shape index (κ1) is 16.9. The molecule has 2 heterocycles. The van der Waals surface area contributed by atoms with Gasteiger partial charge in [0, 0.05) is 0 Å². The van der Waals surface area contributed by atoms with Crippen molar-refractivity contribution in [1.29, 1.82) is 0 Å². The van der Waals surface area contributed by atoms with Gasteiger partial charge in [0.15, 0.2) is 5.71 Å². The van der Waals surface area contributed by atoms with Crippen molar-refractivity contribution >= 4 is 29.2 Å². The number of amides is 2. The number of carbonyl (C=O) groups excluding carboxylic acids is 3. The predicted octanol–water partition coefficient (Wildman–Crippen LogP) is 1.66. The predicted molar refractivity (Wildman–Crippen MR) is 76.4 cm³/mol. The van der Waals surface area contributed by atoms with Crippen molar-refractivity contribution in [2.24, 2.45) is 5.16 Å². The molecule has 1 saturated heterocycles. The highest BCUT2D eigenvalue weighted by molar-refractivity contribution is 6.38. The van der Waals surface area contributed by atoms with Gasteiger partial charge in [0.1, 0.15) is 0 Å². The van der Waals surface area contributed by atoms with Crippen molar-refractivity contribution < 1.29 is 37.1 Å². The number of hydrogen-bond acceptors (Lipinski definition) is 6. The van der Waals surface area contributed by atoms with Crippen molar-refractivity contribution in [1.82, 2.24) is 0 Å². The molecular formula is C15H11F3N2O5. The van der Waals surface area contributed by atoms with Crippen LogP contribution in [0.1, 0.15) is 18.4 Å². The molecule has 2 amide bonds. The third kappa shape index (κ3) is 2.73. The van der Waals surface area contributed by atoms with Gasteiger partial charge in [-0.05, 0) is 18.2 Å². The van der Waals surface area contributed by atoms with Crippen LogP contribution in [0.15, 0.2) is 29.4 Å². The average molecular weight is 356 g/mol. The Morgan fingerprint density at radius 2 is 2.04 bits per heavy atom. The number of imide groups is 1. The second kappa shape index (κ2) is 5.57. The fraction of sp³-hybridized carbons (Fsp3) is 0.333. The molecule has 2 aliphatic rings. The summed E-state index contributed by atoms with van der Waals surface area (Å²) in [6, 6.07) is 3.83. The first-order valence-electron chi connectivity index (χ1n) is 7.06. The molecule has 1 atom stereocenters. The monoisotopic (exact) mass is 356 g/mol. The highest BCUT2D eigenvalue weighted by Gasteiger charge is 2.59. The molecule has 0 radical (unpaired) electrons. The fourth-order valence-electron chi connectivity index (χ4n) is 2.71. The van der Waals surface area contributed by atoms with Gasteiger partial charge in [0.2, 0.25) is 11.5 Å². The molecule has 1 fully saturated rings. The van der Waals surface area contributed by atoms with Gasteiger partial charge in [-0.1, -0.05) is 11.2 Å². The van der Waals surface area contributed by atoms with Crippen LogP contribution in [0.5, 0.6) is 0 Å². The fourth-order valence-corrected chi connectivity index (χ4v) is 2.71. The summed E-state index contributed by atoms with van der Waals surface area (Å²) < 4.78 is 43.0. The normalized spacial score (nSPS) is 23.0. The van der Waals surface area contributed by atoms with E-state index < -0.39 is 41.5 Å². The zero-order valence-electron chi connectivity index (χ0n) is 12.8. The van der Waals surface area contributed by atoms with Gasteiger partial charge in [0.25, 0.3) is 5.91 Å². The minimum Gasteiger partial charge on any atom is -0.464 e. The molecule has 132 valence electrons. The summed E-state index contributed by atoms with van der Waals surface area (Å²) in [6.45, 7) is 0. The van der Waals surface area contributed by atoms with E-state index in [0.29, 0.717) is 11.0 Å². The van der Waals surface area contributed by atoms with Gasteiger partial charge < -0.3 is 9.57 Å². The molecule has 3 rings (SSSR count). The molecule has 1 aromatic carbocycles. The lowest BCUT2D eigenvalue weighted by atomic mass is 9.95. The smallest absolute Gasteiger partial charge is 0.416 e. The number of carbonyl (C=O) groups is 3. The maximum atomic E-state index is 12.8. The molecule has 0 aliphatic carbocycles. The van der Waals surface area contributed by atoms with Crippen molar-refractivity contribution in [3.63, 3.8) is 0 Å².